The molecule has 1 rings (SSSR count). The van der Waals surface area contributed by atoms with Gasteiger partial charge in [-0.3, -0.25) is 0 Å². The normalized spacial score (nSPS) is 36.8. The summed E-state index contributed by atoms with van der Waals surface area (Å²) >= 11 is 0. The zero-order chi connectivity index (χ0) is 13.5. The molecule has 5 unspecified atom stereocenters. The molecule has 0 amide bonds. The minimum absolute atomic E-state index is 0.375. The third-order valence-electron chi connectivity index (χ3n) is 3.15. The van der Waals surface area contributed by atoms with Crippen molar-refractivity contribution in [1.29, 1.82) is 0 Å². The van der Waals surface area contributed by atoms with Gasteiger partial charge in [-0.15, -0.1) is 0 Å². The van der Waals surface area contributed by atoms with E-state index in [0.717, 1.165) is 25.7 Å². The van der Waals surface area contributed by atoms with Crippen molar-refractivity contribution in [3.05, 3.63) is 0 Å². The molecule has 0 aromatic heterocycles. The van der Waals surface area contributed by atoms with E-state index in [4.69, 9.17) is 14.6 Å². The molecule has 0 spiro atoms. The molecule has 5 atom stereocenters. The smallest absolute Gasteiger partial charge is 0.184 e. The van der Waals surface area contributed by atoms with Gasteiger partial charge in [0, 0.05) is 6.61 Å². The quantitative estimate of drug-likeness (QED) is 0.458. The third kappa shape index (κ3) is 4.15. The summed E-state index contributed by atoms with van der Waals surface area (Å²) in [4.78, 5) is 0. The molecule has 108 valence electrons. The van der Waals surface area contributed by atoms with Crippen LogP contribution in [-0.2, 0) is 9.47 Å². The van der Waals surface area contributed by atoms with Crippen LogP contribution in [0.15, 0.2) is 0 Å². The van der Waals surface area contributed by atoms with Gasteiger partial charge in [-0.2, -0.15) is 0 Å². The second kappa shape index (κ2) is 8.04. The lowest BCUT2D eigenvalue weighted by atomic mass is 9.99. The zero-order valence-corrected chi connectivity index (χ0v) is 10.7. The highest BCUT2D eigenvalue weighted by Crippen LogP contribution is 2.22. The largest absolute Gasteiger partial charge is 0.394 e. The Balaban J connectivity index is 2.39. The van der Waals surface area contributed by atoms with E-state index in [9.17, 15) is 15.3 Å². The van der Waals surface area contributed by atoms with Gasteiger partial charge in [0.25, 0.3) is 0 Å². The first-order valence-corrected chi connectivity index (χ1v) is 6.54. The van der Waals surface area contributed by atoms with Crippen molar-refractivity contribution in [2.45, 2.75) is 63.3 Å². The number of ether oxygens (including phenoxy) is 2. The van der Waals surface area contributed by atoms with E-state index in [2.05, 4.69) is 6.92 Å². The molecule has 1 saturated heterocycles. The van der Waals surface area contributed by atoms with Crippen molar-refractivity contribution in [3.63, 3.8) is 0 Å². The predicted octanol–water partition coefficient (Wildman–Crippen LogP) is -0.617. The van der Waals surface area contributed by atoms with E-state index in [1.54, 1.807) is 0 Å². The summed E-state index contributed by atoms with van der Waals surface area (Å²) < 4.78 is 10.4. The molecule has 4 N–H and O–H groups in total. The Morgan fingerprint density at radius 1 is 1.06 bits per heavy atom. The second-order valence-corrected chi connectivity index (χ2v) is 4.62. The minimum Gasteiger partial charge on any atom is -0.394 e. The van der Waals surface area contributed by atoms with Crippen LogP contribution in [0.5, 0.6) is 0 Å². The Kier molecular flexibility index (Phi) is 7.06. The maximum Gasteiger partial charge on any atom is 0.184 e. The average Bonchev–Trinajstić information content (AvgIpc) is 2.37. The number of rotatable bonds is 7. The zero-order valence-electron chi connectivity index (χ0n) is 10.7. The molecule has 0 aliphatic carbocycles. The molecule has 6 nitrogen and oxygen atoms in total. The summed E-state index contributed by atoms with van der Waals surface area (Å²) in [5, 5.41) is 37.7. The van der Waals surface area contributed by atoms with Crippen molar-refractivity contribution >= 4 is 0 Å². The van der Waals surface area contributed by atoms with Gasteiger partial charge in [0.1, 0.15) is 24.4 Å². The van der Waals surface area contributed by atoms with Crippen LogP contribution < -0.4 is 0 Å². The number of aliphatic hydroxyl groups excluding tert-OH is 4. The van der Waals surface area contributed by atoms with Crippen molar-refractivity contribution < 1.29 is 29.9 Å². The molecule has 1 aliphatic heterocycles. The number of hydrogen-bond donors (Lipinski definition) is 4. The molecule has 1 aliphatic rings. The van der Waals surface area contributed by atoms with Crippen LogP contribution >= 0.6 is 0 Å². The summed E-state index contributed by atoms with van der Waals surface area (Å²) in [6.07, 6.45) is -1.64. The van der Waals surface area contributed by atoms with Crippen LogP contribution in [0.3, 0.4) is 0 Å². The molecule has 0 bridgehead atoms. The van der Waals surface area contributed by atoms with E-state index < -0.39 is 30.7 Å². The first-order valence-electron chi connectivity index (χ1n) is 6.54. The minimum atomic E-state index is -1.49. The van der Waals surface area contributed by atoms with E-state index >= 15 is 0 Å². The van der Waals surface area contributed by atoms with Crippen LogP contribution in [0.4, 0.5) is 0 Å². The Labute approximate surface area is 107 Å². The topological polar surface area (TPSA) is 99.4 Å². The third-order valence-corrected chi connectivity index (χ3v) is 3.15. The van der Waals surface area contributed by atoms with Crippen molar-refractivity contribution in [2.75, 3.05) is 13.2 Å². The maximum atomic E-state index is 9.79. The summed E-state index contributed by atoms with van der Waals surface area (Å²) in [5.74, 6) is 0. The molecule has 0 saturated carbocycles. The molecule has 0 aromatic rings. The van der Waals surface area contributed by atoms with Crippen molar-refractivity contribution in [3.8, 4) is 0 Å². The van der Waals surface area contributed by atoms with Gasteiger partial charge in [-0.1, -0.05) is 26.2 Å². The van der Waals surface area contributed by atoms with Crippen LogP contribution in [0.1, 0.15) is 32.6 Å². The van der Waals surface area contributed by atoms with Gasteiger partial charge >= 0.3 is 0 Å². The fourth-order valence-electron chi connectivity index (χ4n) is 2.02. The highest BCUT2D eigenvalue weighted by atomic mass is 16.6. The molecule has 0 radical (unpaired) electrons. The first-order chi connectivity index (χ1) is 8.61. The summed E-state index contributed by atoms with van der Waals surface area (Å²) in [5.41, 5.74) is 0. The SMILES string of the molecule is CCCCCCOC1C(CO)OC(O)C(O)C1O. The lowest BCUT2D eigenvalue weighted by Crippen LogP contribution is -2.59. The highest BCUT2D eigenvalue weighted by molar-refractivity contribution is 4.89. The van der Waals surface area contributed by atoms with Gasteiger partial charge < -0.3 is 29.9 Å². The summed E-state index contributed by atoms with van der Waals surface area (Å²) in [6.45, 7) is 2.17. The van der Waals surface area contributed by atoms with E-state index in [1.807, 2.05) is 0 Å². The van der Waals surface area contributed by atoms with Gasteiger partial charge in [0.15, 0.2) is 6.29 Å². The lowest BCUT2D eigenvalue weighted by Gasteiger charge is -2.40. The van der Waals surface area contributed by atoms with E-state index in [-0.39, 0.29) is 6.61 Å². The second-order valence-electron chi connectivity index (χ2n) is 4.62. The molecular weight excluding hydrogens is 240 g/mol. The van der Waals surface area contributed by atoms with E-state index in [1.165, 1.54) is 0 Å². The van der Waals surface area contributed by atoms with Gasteiger partial charge in [0.05, 0.1) is 6.61 Å². The summed E-state index contributed by atoms with van der Waals surface area (Å²) in [7, 11) is 0. The van der Waals surface area contributed by atoms with Crippen LogP contribution in [0, 0.1) is 0 Å². The van der Waals surface area contributed by atoms with Crippen LogP contribution in [0.2, 0.25) is 0 Å². The molecule has 1 fully saturated rings. The van der Waals surface area contributed by atoms with Gasteiger partial charge in [-0.25, -0.2) is 0 Å². The number of aliphatic hydroxyl groups is 4. The predicted molar refractivity (Wildman–Crippen MR) is 63.9 cm³/mol. The Morgan fingerprint density at radius 2 is 1.78 bits per heavy atom. The monoisotopic (exact) mass is 264 g/mol. The Hall–Kier alpha value is -0.240. The number of unbranched alkanes of at least 4 members (excludes halogenated alkanes) is 3. The van der Waals surface area contributed by atoms with E-state index in [0.29, 0.717) is 6.61 Å². The van der Waals surface area contributed by atoms with Crippen molar-refractivity contribution in [2.24, 2.45) is 0 Å². The fourth-order valence-corrected chi connectivity index (χ4v) is 2.02. The highest BCUT2D eigenvalue weighted by Gasteiger charge is 2.44. The Morgan fingerprint density at radius 3 is 2.39 bits per heavy atom. The standard InChI is InChI=1S/C12H24O6/c1-2-3-4-5-6-17-11-8(7-13)18-12(16)10(15)9(11)14/h8-16H,2-7H2,1H3. The van der Waals surface area contributed by atoms with Crippen LogP contribution in [-0.4, -0.2) is 64.3 Å². The lowest BCUT2D eigenvalue weighted by molar-refractivity contribution is -0.294. The van der Waals surface area contributed by atoms with Crippen molar-refractivity contribution in [1.82, 2.24) is 0 Å². The molecule has 18 heavy (non-hydrogen) atoms. The summed E-state index contributed by atoms with van der Waals surface area (Å²) in [6, 6.07) is 0. The van der Waals surface area contributed by atoms with Gasteiger partial charge in [-0.05, 0) is 6.42 Å². The molecule has 0 aromatic carbocycles. The Bertz CT molecular complexity index is 223. The maximum absolute atomic E-state index is 9.79. The van der Waals surface area contributed by atoms with Crippen LogP contribution in [0.25, 0.3) is 0 Å². The van der Waals surface area contributed by atoms with Gasteiger partial charge in [0.2, 0.25) is 0 Å². The molecule has 6 heteroatoms. The average molecular weight is 264 g/mol. The fraction of sp³-hybridized carbons (Fsp3) is 1.00. The number of hydrogen-bond acceptors (Lipinski definition) is 6. The molecule has 1 heterocycles. The first kappa shape index (κ1) is 15.8. The molecular formula is C12H24O6.